The number of hydrogen-bond acceptors (Lipinski definition) is 6. The fraction of sp³-hybridized carbons (Fsp3) is 0.833. The molecule has 102 valence electrons. The molecule has 1 aliphatic heterocycles. The Labute approximate surface area is 107 Å². The average molecular weight is 255 g/mol. The Hall–Kier alpha value is -0.980. The second-order valence-corrected chi connectivity index (χ2v) is 5.64. The number of nitrogens with zero attached hydrogens (tertiary/aromatic N) is 3. The maximum atomic E-state index is 9.29. The lowest BCUT2D eigenvalue weighted by molar-refractivity contribution is -0.0348. The van der Waals surface area contributed by atoms with E-state index in [1.807, 2.05) is 20.8 Å². The summed E-state index contributed by atoms with van der Waals surface area (Å²) in [4.78, 5) is 6.52. The molecule has 0 aliphatic carbocycles. The first kappa shape index (κ1) is 13.5. The van der Waals surface area contributed by atoms with E-state index in [0.29, 0.717) is 31.5 Å². The third-order valence-corrected chi connectivity index (χ3v) is 3.04. The van der Waals surface area contributed by atoms with Gasteiger partial charge in [0.05, 0.1) is 32.4 Å². The number of aliphatic hydroxyl groups is 1. The molecule has 18 heavy (non-hydrogen) atoms. The summed E-state index contributed by atoms with van der Waals surface area (Å²) in [5, 5.41) is 13.3. The minimum atomic E-state index is -0.108. The summed E-state index contributed by atoms with van der Waals surface area (Å²) in [7, 11) is 0. The van der Waals surface area contributed by atoms with Gasteiger partial charge in [0.2, 0.25) is 5.89 Å². The van der Waals surface area contributed by atoms with E-state index in [1.165, 1.54) is 0 Å². The summed E-state index contributed by atoms with van der Waals surface area (Å²) in [6, 6.07) is 0.0173. The van der Waals surface area contributed by atoms with E-state index in [-0.39, 0.29) is 18.1 Å². The normalized spacial score (nSPS) is 22.3. The highest BCUT2D eigenvalue weighted by Crippen LogP contribution is 2.19. The van der Waals surface area contributed by atoms with Gasteiger partial charge in [-0.25, -0.2) is 0 Å². The molecule has 1 N–H and O–H groups in total. The van der Waals surface area contributed by atoms with Crippen molar-refractivity contribution in [3.63, 3.8) is 0 Å². The second-order valence-electron chi connectivity index (χ2n) is 5.64. The number of morpholine rings is 1. The summed E-state index contributed by atoms with van der Waals surface area (Å²) in [5.74, 6) is 1.31. The van der Waals surface area contributed by atoms with Gasteiger partial charge in [-0.15, -0.1) is 0 Å². The van der Waals surface area contributed by atoms with Gasteiger partial charge in [-0.1, -0.05) is 25.9 Å². The van der Waals surface area contributed by atoms with E-state index in [2.05, 4.69) is 15.0 Å². The second kappa shape index (κ2) is 5.34. The molecule has 6 nitrogen and oxygen atoms in total. The number of hydrogen-bond donors (Lipinski definition) is 1. The standard InChI is InChI=1S/C12H21N3O3/c1-12(2,3)11-13-10(18-14-11)6-15-4-5-17-8-9(15)7-16/h9,16H,4-8H2,1-3H3. The average Bonchev–Trinajstić information content (AvgIpc) is 2.78. The predicted octanol–water partition coefficient (Wildman–Crippen LogP) is 0.560. The molecule has 0 bridgehead atoms. The molecule has 1 aromatic heterocycles. The number of rotatable bonds is 3. The van der Waals surface area contributed by atoms with Gasteiger partial charge in [-0.2, -0.15) is 4.98 Å². The molecule has 1 aromatic rings. The highest BCUT2D eigenvalue weighted by Gasteiger charge is 2.26. The molecule has 6 heteroatoms. The van der Waals surface area contributed by atoms with Crippen molar-refractivity contribution in [1.29, 1.82) is 0 Å². The zero-order valence-corrected chi connectivity index (χ0v) is 11.2. The zero-order valence-electron chi connectivity index (χ0n) is 11.2. The predicted molar refractivity (Wildman–Crippen MR) is 65.1 cm³/mol. The SMILES string of the molecule is CC(C)(C)c1noc(CN2CCOCC2CO)n1. The van der Waals surface area contributed by atoms with Crippen molar-refractivity contribution < 1.29 is 14.4 Å². The number of ether oxygens (including phenoxy) is 1. The van der Waals surface area contributed by atoms with Crippen molar-refractivity contribution in [2.24, 2.45) is 0 Å². The summed E-state index contributed by atoms with van der Waals surface area (Å²) >= 11 is 0. The van der Waals surface area contributed by atoms with Crippen LogP contribution in [0.3, 0.4) is 0 Å². The molecule has 0 saturated carbocycles. The van der Waals surface area contributed by atoms with Crippen molar-refractivity contribution in [3.05, 3.63) is 11.7 Å². The molecule has 1 atom stereocenters. The van der Waals surface area contributed by atoms with Gasteiger partial charge in [0.25, 0.3) is 0 Å². The first-order valence-corrected chi connectivity index (χ1v) is 6.26. The highest BCUT2D eigenvalue weighted by molar-refractivity contribution is 5.00. The van der Waals surface area contributed by atoms with Crippen LogP contribution in [0.2, 0.25) is 0 Å². The first-order chi connectivity index (χ1) is 8.50. The van der Waals surface area contributed by atoms with Crippen LogP contribution in [-0.2, 0) is 16.7 Å². The molecule has 2 rings (SSSR count). The van der Waals surface area contributed by atoms with Gasteiger partial charge < -0.3 is 14.4 Å². The van der Waals surface area contributed by atoms with Crippen LogP contribution in [0.15, 0.2) is 4.52 Å². The fourth-order valence-electron chi connectivity index (χ4n) is 1.86. The number of aliphatic hydroxyl groups excluding tert-OH is 1. The molecule has 2 heterocycles. The van der Waals surface area contributed by atoms with E-state index in [4.69, 9.17) is 9.26 Å². The van der Waals surface area contributed by atoms with Gasteiger partial charge in [0.15, 0.2) is 5.82 Å². The van der Waals surface area contributed by atoms with E-state index >= 15 is 0 Å². The molecule has 1 fully saturated rings. The quantitative estimate of drug-likeness (QED) is 0.851. The van der Waals surface area contributed by atoms with Crippen LogP contribution in [0, 0.1) is 0 Å². The van der Waals surface area contributed by atoms with Crippen LogP contribution in [-0.4, -0.2) is 52.6 Å². The first-order valence-electron chi connectivity index (χ1n) is 6.26. The Morgan fingerprint density at radius 3 is 2.83 bits per heavy atom. The van der Waals surface area contributed by atoms with E-state index in [9.17, 15) is 5.11 Å². The van der Waals surface area contributed by atoms with Gasteiger partial charge in [-0.3, -0.25) is 4.90 Å². The van der Waals surface area contributed by atoms with Crippen LogP contribution >= 0.6 is 0 Å². The van der Waals surface area contributed by atoms with Crippen LogP contribution in [0.5, 0.6) is 0 Å². The smallest absolute Gasteiger partial charge is 0.240 e. The van der Waals surface area contributed by atoms with Gasteiger partial charge in [0, 0.05) is 12.0 Å². The maximum Gasteiger partial charge on any atom is 0.240 e. The summed E-state index contributed by atoms with van der Waals surface area (Å²) in [6.07, 6.45) is 0. The molecular formula is C12H21N3O3. The Balaban J connectivity index is 2.02. The monoisotopic (exact) mass is 255 g/mol. The Bertz CT molecular complexity index is 386. The number of aromatic nitrogens is 2. The Morgan fingerprint density at radius 1 is 1.44 bits per heavy atom. The molecular weight excluding hydrogens is 234 g/mol. The van der Waals surface area contributed by atoms with Crippen molar-refractivity contribution in [1.82, 2.24) is 15.0 Å². The maximum absolute atomic E-state index is 9.29. The summed E-state index contributed by atoms with van der Waals surface area (Å²) in [5.41, 5.74) is -0.108. The largest absolute Gasteiger partial charge is 0.395 e. The van der Waals surface area contributed by atoms with Crippen molar-refractivity contribution in [2.75, 3.05) is 26.4 Å². The van der Waals surface area contributed by atoms with Crippen LogP contribution < -0.4 is 0 Å². The molecule has 0 aromatic carbocycles. The van der Waals surface area contributed by atoms with Gasteiger partial charge in [-0.05, 0) is 0 Å². The van der Waals surface area contributed by atoms with Gasteiger partial charge >= 0.3 is 0 Å². The topological polar surface area (TPSA) is 71.6 Å². The van der Waals surface area contributed by atoms with E-state index in [1.54, 1.807) is 0 Å². The van der Waals surface area contributed by atoms with Crippen molar-refractivity contribution in [2.45, 2.75) is 38.8 Å². The minimum Gasteiger partial charge on any atom is -0.395 e. The Kier molecular flexibility index (Phi) is 3.99. The van der Waals surface area contributed by atoms with Crippen LogP contribution in [0.25, 0.3) is 0 Å². The molecule has 1 unspecified atom stereocenters. The molecule has 0 spiro atoms. The highest BCUT2D eigenvalue weighted by atomic mass is 16.5. The Morgan fingerprint density at radius 2 is 2.22 bits per heavy atom. The summed E-state index contributed by atoms with van der Waals surface area (Å²) < 4.78 is 10.6. The van der Waals surface area contributed by atoms with Crippen LogP contribution in [0.1, 0.15) is 32.5 Å². The molecule has 0 amide bonds. The van der Waals surface area contributed by atoms with Crippen molar-refractivity contribution in [3.8, 4) is 0 Å². The van der Waals surface area contributed by atoms with E-state index in [0.717, 1.165) is 6.54 Å². The lowest BCUT2D eigenvalue weighted by Gasteiger charge is -2.33. The van der Waals surface area contributed by atoms with Crippen LogP contribution in [0.4, 0.5) is 0 Å². The zero-order chi connectivity index (χ0) is 13.2. The fourth-order valence-corrected chi connectivity index (χ4v) is 1.86. The molecule has 1 saturated heterocycles. The lowest BCUT2D eigenvalue weighted by atomic mass is 9.96. The third-order valence-electron chi connectivity index (χ3n) is 3.04. The van der Waals surface area contributed by atoms with Crippen molar-refractivity contribution >= 4 is 0 Å². The molecule has 1 aliphatic rings. The van der Waals surface area contributed by atoms with E-state index < -0.39 is 0 Å². The minimum absolute atomic E-state index is 0.0173. The molecule has 0 radical (unpaired) electrons. The lowest BCUT2D eigenvalue weighted by Crippen LogP contribution is -2.46. The van der Waals surface area contributed by atoms with Gasteiger partial charge in [0.1, 0.15) is 0 Å². The summed E-state index contributed by atoms with van der Waals surface area (Å²) in [6.45, 7) is 8.80. The third kappa shape index (κ3) is 3.07.